The molecule has 0 bridgehead atoms. The topological polar surface area (TPSA) is 51.2 Å². The van der Waals surface area contributed by atoms with Gasteiger partial charge in [-0.1, -0.05) is 49.6 Å². The summed E-state index contributed by atoms with van der Waals surface area (Å²) in [6.45, 7) is 4.57. The molecule has 2 aromatic rings. The summed E-state index contributed by atoms with van der Waals surface area (Å²) in [7, 11) is 0. The number of amides is 1. The highest BCUT2D eigenvalue weighted by molar-refractivity contribution is 6.31. The number of hydrogen-bond donors (Lipinski definition) is 1. The van der Waals surface area contributed by atoms with Crippen LogP contribution < -0.4 is 10.1 Å². The van der Waals surface area contributed by atoms with Crippen LogP contribution in [-0.4, -0.2) is 17.5 Å². The Kier molecular flexibility index (Phi) is 5.82. The van der Waals surface area contributed by atoms with Gasteiger partial charge in [0.05, 0.1) is 23.4 Å². The van der Waals surface area contributed by atoms with Gasteiger partial charge >= 0.3 is 0 Å². The SMILES string of the molecule is CCCOc1ccc(NC(=O)C2(c3ccccc3Cl)CCCC2)c(C)n1. The van der Waals surface area contributed by atoms with Crippen LogP contribution in [0, 0.1) is 6.92 Å². The smallest absolute Gasteiger partial charge is 0.235 e. The predicted molar refractivity (Wildman–Crippen MR) is 105 cm³/mol. The second kappa shape index (κ2) is 8.09. The number of halogens is 1. The molecule has 1 N–H and O–H groups in total. The van der Waals surface area contributed by atoms with E-state index in [0.29, 0.717) is 17.5 Å². The van der Waals surface area contributed by atoms with Crippen LogP contribution in [0.1, 0.15) is 50.3 Å². The fourth-order valence-corrected chi connectivity index (χ4v) is 3.96. The van der Waals surface area contributed by atoms with Crippen LogP contribution in [-0.2, 0) is 10.2 Å². The van der Waals surface area contributed by atoms with Crippen LogP contribution in [0.25, 0.3) is 0 Å². The first-order valence-electron chi connectivity index (χ1n) is 9.24. The normalized spacial score (nSPS) is 15.7. The highest BCUT2D eigenvalue weighted by atomic mass is 35.5. The maximum absolute atomic E-state index is 13.3. The zero-order valence-electron chi connectivity index (χ0n) is 15.3. The molecule has 4 nitrogen and oxygen atoms in total. The number of pyridine rings is 1. The summed E-state index contributed by atoms with van der Waals surface area (Å²) in [5, 5.41) is 3.74. The number of benzene rings is 1. The van der Waals surface area contributed by atoms with E-state index in [-0.39, 0.29) is 5.91 Å². The van der Waals surface area contributed by atoms with Crippen molar-refractivity contribution in [2.45, 2.75) is 51.4 Å². The fraction of sp³-hybridized carbons (Fsp3) is 0.429. The molecular weight excluding hydrogens is 348 g/mol. The molecule has 1 saturated carbocycles. The number of carbonyl (C=O) groups is 1. The van der Waals surface area contributed by atoms with E-state index in [1.807, 2.05) is 37.3 Å². The highest BCUT2D eigenvalue weighted by Gasteiger charge is 2.44. The maximum atomic E-state index is 13.3. The molecule has 0 spiro atoms. The van der Waals surface area contributed by atoms with Gasteiger partial charge in [-0.15, -0.1) is 0 Å². The van der Waals surface area contributed by atoms with Gasteiger partial charge in [0.15, 0.2) is 0 Å². The fourth-order valence-electron chi connectivity index (χ4n) is 3.65. The molecule has 1 aliphatic carbocycles. The van der Waals surface area contributed by atoms with Crippen molar-refractivity contribution in [1.29, 1.82) is 0 Å². The van der Waals surface area contributed by atoms with Crippen LogP contribution in [0.3, 0.4) is 0 Å². The van der Waals surface area contributed by atoms with Crippen LogP contribution in [0.4, 0.5) is 5.69 Å². The van der Waals surface area contributed by atoms with E-state index in [9.17, 15) is 4.79 Å². The second-order valence-corrected chi connectivity index (χ2v) is 7.26. The summed E-state index contributed by atoms with van der Waals surface area (Å²) in [6.07, 6.45) is 4.61. The monoisotopic (exact) mass is 372 g/mol. The van der Waals surface area contributed by atoms with Gasteiger partial charge in [-0.25, -0.2) is 4.98 Å². The van der Waals surface area contributed by atoms with Gasteiger partial charge in [0.1, 0.15) is 0 Å². The molecule has 5 heteroatoms. The van der Waals surface area contributed by atoms with Gasteiger partial charge < -0.3 is 10.1 Å². The Morgan fingerprint density at radius 3 is 2.62 bits per heavy atom. The Morgan fingerprint density at radius 1 is 1.23 bits per heavy atom. The number of ether oxygens (including phenoxy) is 1. The summed E-state index contributed by atoms with van der Waals surface area (Å²) >= 11 is 6.43. The molecule has 138 valence electrons. The molecule has 1 amide bonds. The number of hydrogen-bond acceptors (Lipinski definition) is 3. The van der Waals surface area contributed by atoms with E-state index < -0.39 is 5.41 Å². The van der Waals surface area contributed by atoms with Crippen molar-refractivity contribution in [3.63, 3.8) is 0 Å². The van der Waals surface area contributed by atoms with Gasteiger partial charge in [0.2, 0.25) is 11.8 Å². The van der Waals surface area contributed by atoms with Crippen molar-refractivity contribution in [2.24, 2.45) is 0 Å². The van der Waals surface area contributed by atoms with Crippen molar-refractivity contribution < 1.29 is 9.53 Å². The van der Waals surface area contributed by atoms with E-state index in [1.165, 1.54) is 0 Å². The number of carbonyl (C=O) groups excluding carboxylic acids is 1. The third-order valence-corrected chi connectivity index (χ3v) is 5.37. The molecule has 1 aliphatic rings. The quantitative estimate of drug-likeness (QED) is 0.750. The summed E-state index contributed by atoms with van der Waals surface area (Å²) in [5.41, 5.74) is 1.82. The molecule has 1 fully saturated rings. The molecule has 0 aliphatic heterocycles. The van der Waals surface area contributed by atoms with Gasteiger partial charge in [0.25, 0.3) is 0 Å². The molecule has 1 aromatic carbocycles. The van der Waals surface area contributed by atoms with Crippen molar-refractivity contribution >= 4 is 23.2 Å². The van der Waals surface area contributed by atoms with Gasteiger partial charge in [-0.05, 0) is 43.9 Å². The Morgan fingerprint density at radius 2 is 1.96 bits per heavy atom. The van der Waals surface area contributed by atoms with Crippen LogP contribution in [0.5, 0.6) is 5.88 Å². The third-order valence-electron chi connectivity index (χ3n) is 5.04. The summed E-state index contributed by atoms with van der Waals surface area (Å²) < 4.78 is 5.56. The average Bonchev–Trinajstić information content (AvgIpc) is 3.13. The minimum atomic E-state index is -0.567. The predicted octanol–water partition coefficient (Wildman–Crippen LogP) is 5.28. The van der Waals surface area contributed by atoms with Gasteiger partial charge in [-0.2, -0.15) is 0 Å². The number of aromatic nitrogens is 1. The maximum Gasteiger partial charge on any atom is 0.235 e. The number of nitrogens with zero attached hydrogens (tertiary/aromatic N) is 1. The first-order valence-corrected chi connectivity index (χ1v) is 9.61. The molecule has 0 unspecified atom stereocenters. The van der Waals surface area contributed by atoms with E-state index in [0.717, 1.165) is 49.0 Å². The largest absolute Gasteiger partial charge is 0.478 e. The van der Waals surface area contributed by atoms with Gasteiger partial charge in [-0.3, -0.25) is 4.79 Å². The lowest BCUT2D eigenvalue weighted by Crippen LogP contribution is -2.38. The molecule has 0 radical (unpaired) electrons. The van der Waals surface area contributed by atoms with Crippen molar-refractivity contribution in [3.05, 3.63) is 52.7 Å². The molecule has 0 saturated heterocycles. The number of aryl methyl sites for hydroxylation is 1. The lowest BCUT2D eigenvalue weighted by molar-refractivity contribution is -0.121. The molecule has 26 heavy (non-hydrogen) atoms. The van der Waals surface area contributed by atoms with Crippen LogP contribution in [0.15, 0.2) is 36.4 Å². The summed E-state index contributed by atoms with van der Waals surface area (Å²) in [6, 6.07) is 11.3. The van der Waals surface area contributed by atoms with E-state index in [4.69, 9.17) is 16.3 Å². The zero-order chi connectivity index (χ0) is 18.6. The summed E-state index contributed by atoms with van der Waals surface area (Å²) in [4.78, 5) is 17.7. The molecule has 1 heterocycles. The minimum absolute atomic E-state index is 0.00442. The molecular formula is C21H25ClN2O2. The van der Waals surface area contributed by atoms with Crippen molar-refractivity contribution in [1.82, 2.24) is 4.98 Å². The average molecular weight is 373 g/mol. The Balaban J connectivity index is 1.85. The standard InChI is InChI=1S/C21H25ClN2O2/c1-3-14-26-19-11-10-18(15(2)23-19)24-20(25)21(12-6-7-13-21)16-8-4-5-9-17(16)22/h4-5,8-11H,3,6-7,12-14H2,1-2H3,(H,24,25). The number of anilines is 1. The lowest BCUT2D eigenvalue weighted by Gasteiger charge is -2.29. The lowest BCUT2D eigenvalue weighted by atomic mass is 9.78. The minimum Gasteiger partial charge on any atom is -0.478 e. The zero-order valence-corrected chi connectivity index (χ0v) is 16.1. The van der Waals surface area contributed by atoms with Crippen molar-refractivity contribution in [2.75, 3.05) is 11.9 Å². The van der Waals surface area contributed by atoms with Crippen molar-refractivity contribution in [3.8, 4) is 5.88 Å². The Hall–Kier alpha value is -2.07. The number of nitrogens with one attached hydrogen (secondary N) is 1. The number of rotatable bonds is 6. The van der Waals surface area contributed by atoms with Crippen LogP contribution in [0.2, 0.25) is 5.02 Å². The van der Waals surface area contributed by atoms with E-state index >= 15 is 0 Å². The van der Waals surface area contributed by atoms with E-state index in [1.54, 1.807) is 6.07 Å². The molecule has 3 rings (SSSR count). The Labute approximate surface area is 159 Å². The van der Waals surface area contributed by atoms with Crippen LogP contribution >= 0.6 is 11.6 Å². The van der Waals surface area contributed by atoms with E-state index in [2.05, 4.69) is 17.2 Å². The molecule has 0 atom stereocenters. The first-order chi connectivity index (χ1) is 12.6. The Bertz CT molecular complexity index is 785. The van der Waals surface area contributed by atoms with Gasteiger partial charge in [0, 0.05) is 11.1 Å². The second-order valence-electron chi connectivity index (χ2n) is 6.85. The third kappa shape index (κ3) is 3.70. The summed E-state index contributed by atoms with van der Waals surface area (Å²) in [5.74, 6) is 0.583. The first kappa shape index (κ1) is 18.7. The highest BCUT2D eigenvalue weighted by Crippen LogP contribution is 2.44. The molecule has 1 aromatic heterocycles.